The molecule has 3 heterocycles. The Balaban J connectivity index is 1.26. The topological polar surface area (TPSA) is 64.8 Å². The molecule has 1 aromatic heterocycles. The predicted molar refractivity (Wildman–Crippen MR) is 149 cm³/mol. The Hall–Kier alpha value is -2.29. The van der Waals surface area contributed by atoms with E-state index in [2.05, 4.69) is 9.80 Å². The molecule has 3 aromatic rings. The van der Waals surface area contributed by atoms with E-state index in [9.17, 15) is 9.90 Å². The number of halogens is 3. The maximum absolute atomic E-state index is 12.1. The second-order valence-corrected chi connectivity index (χ2v) is 10.9. The molecular formula is C27H30Cl3N5O2. The van der Waals surface area contributed by atoms with E-state index >= 15 is 0 Å². The first-order valence-corrected chi connectivity index (χ1v) is 13.6. The lowest BCUT2D eigenvalue weighted by Crippen LogP contribution is -2.49. The highest BCUT2D eigenvalue weighted by atomic mass is 35.5. The molecule has 0 spiro atoms. The van der Waals surface area contributed by atoms with Crippen LogP contribution in [0.3, 0.4) is 0 Å². The highest BCUT2D eigenvalue weighted by molar-refractivity contribution is 6.42. The van der Waals surface area contributed by atoms with Crippen LogP contribution in [0, 0.1) is 0 Å². The first kappa shape index (κ1) is 26.3. The SMILES string of the molecule is CC(=O)N1CCc2c(c(-c3ccc(Cl)cc3)nn2CC(O)CN2CCN(c3ccc(Cl)c(Cl)c3)CC2)C1. The van der Waals surface area contributed by atoms with E-state index < -0.39 is 6.10 Å². The standard InChI is InChI=1S/C27H30Cl3N5O2/c1-18(36)34-9-8-26-23(17-34)27(19-2-4-20(28)5-3-19)31-35(26)16-22(37)15-32-10-12-33(13-11-32)21-6-7-24(29)25(30)14-21/h2-7,14,22,37H,8-13,15-17H2,1H3. The number of carbonyl (C=O) groups is 1. The van der Waals surface area contributed by atoms with E-state index in [-0.39, 0.29) is 5.91 Å². The normalized spacial score (nSPS) is 17.1. The lowest BCUT2D eigenvalue weighted by molar-refractivity contribution is -0.129. The van der Waals surface area contributed by atoms with Crippen molar-refractivity contribution in [1.29, 1.82) is 0 Å². The third-order valence-corrected chi connectivity index (χ3v) is 8.18. The van der Waals surface area contributed by atoms with E-state index in [0.717, 1.165) is 54.4 Å². The van der Waals surface area contributed by atoms with Crippen LogP contribution in [0.4, 0.5) is 5.69 Å². The van der Waals surface area contributed by atoms with Gasteiger partial charge in [-0.3, -0.25) is 14.4 Å². The smallest absolute Gasteiger partial charge is 0.219 e. The number of β-amino-alcohol motifs (C(OH)–C–C–N with tert-alkyl or cyclic N) is 1. The van der Waals surface area contributed by atoms with E-state index in [4.69, 9.17) is 39.9 Å². The number of amides is 1. The Labute approximate surface area is 232 Å². The van der Waals surface area contributed by atoms with Crippen LogP contribution in [-0.4, -0.2) is 76.0 Å². The first-order valence-electron chi connectivity index (χ1n) is 12.5. The molecule has 5 rings (SSSR count). The second-order valence-electron chi connectivity index (χ2n) is 9.69. The minimum atomic E-state index is -0.565. The van der Waals surface area contributed by atoms with Crippen LogP contribution < -0.4 is 4.90 Å². The minimum Gasteiger partial charge on any atom is -0.390 e. The maximum Gasteiger partial charge on any atom is 0.219 e. The Morgan fingerprint density at radius 1 is 0.973 bits per heavy atom. The number of aromatic nitrogens is 2. The Kier molecular flexibility index (Phi) is 7.98. The predicted octanol–water partition coefficient (Wildman–Crippen LogP) is 4.60. The van der Waals surface area contributed by atoms with Gasteiger partial charge >= 0.3 is 0 Å². The number of anilines is 1. The molecule has 1 saturated heterocycles. The fourth-order valence-corrected chi connectivity index (χ4v) is 5.59. The fourth-order valence-electron chi connectivity index (χ4n) is 5.18. The number of carbonyl (C=O) groups excluding carboxylic acids is 1. The zero-order valence-electron chi connectivity index (χ0n) is 20.7. The monoisotopic (exact) mass is 561 g/mol. The van der Waals surface area contributed by atoms with Crippen LogP contribution in [0.25, 0.3) is 11.3 Å². The Morgan fingerprint density at radius 2 is 1.70 bits per heavy atom. The Morgan fingerprint density at radius 3 is 2.38 bits per heavy atom. The molecule has 1 fully saturated rings. The van der Waals surface area contributed by atoms with Crippen LogP contribution in [0.15, 0.2) is 42.5 Å². The van der Waals surface area contributed by atoms with Crippen LogP contribution in [0.1, 0.15) is 18.2 Å². The molecule has 196 valence electrons. The molecule has 1 unspecified atom stereocenters. The van der Waals surface area contributed by atoms with Crippen molar-refractivity contribution in [3.8, 4) is 11.3 Å². The van der Waals surface area contributed by atoms with Gasteiger partial charge in [-0.25, -0.2) is 0 Å². The summed E-state index contributed by atoms with van der Waals surface area (Å²) in [6, 6.07) is 13.3. The molecule has 7 nitrogen and oxygen atoms in total. The summed E-state index contributed by atoms with van der Waals surface area (Å²) in [7, 11) is 0. The third-order valence-electron chi connectivity index (χ3n) is 7.19. The number of piperazine rings is 1. The van der Waals surface area contributed by atoms with Crippen molar-refractivity contribution in [2.75, 3.05) is 44.2 Å². The molecule has 1 amide bonds. The highest BCUT2D eigenvalue weighted by Crippen LogP contribution is 2.31. The molecule has 37 heavy (non-hydrogen) atoms. The summed E-state index contributed by atoms with van der Waals surface area (Å²) in [6.45, 7) is 7.14. The number of rotatable bonds is 6. The molecule has 1 atom stereocenters. The first-order chi connectivity index (χ1) is 17.8. The maximum atomic E-state index is 12.1. The molecule has 0 bridgehead atoms. The van der Waals surface area contributed by atoms with E-state index in [0.29, 0.717) is 47.7 Å². The summed E-state index contributed by atoms with van der Waals surface area (Å²) >= 11 is 18.4. The average molecular weight is 563 g/mol. The van der Waals surface area contributed by atoms with Crippen LogP contribution in [-0.2, 0) is 24.3 Å². The van der Waals surface area contributed by atoms with Gasteiger partial charge in [-0.2, -0.15) is 5.10 Å². The second kappa shape index (κ2) is 11.2. The van der Waals surface area contributed by atoms with E-state index in [1.807, 2.05) is 52.0 Å². The molecule has 10 heteroatoms. The lowest BCUT2D eigenvalue weighted by Gasteiger charge is -2.37. The summed E-state index contributed by atoms with van der Waals surface area (Å²) < 4.78 is 1.94. The van der Waals surface area contributed by atoms with Crippen molar-refractivity contribution in [2.24, 2.45) is 0 Å². The number of hydrogen-bond donors (Lipinski definition) is 1. The molecule has 0 saturated carbocycles. The van der Waals surface area contributed by atoms with Crippen LogP contribution in [0.5, 0.6) is 0 Å². The van der Waals surface area contributed by atoms with Crippen LogP contribution in [0.2, 0.25) is 15.1 Å². The summed E-state index contributed by atoms with van der Waals surface area (Å²) in [5.41, 5.74) is 5.00. The van der Waals surface area contributed by atoms with Crippen molar-refractivity contribution in [2.45, 2.75) is 32.5 Å². The zero-order valence-corrected chi connectivity index (χ0v) is 23.0. The minimum absolute atomic E-state index is 0.0560. The van der Waals surface area contributed by atoms with Gasteiger partial charge in [0.2, 0.25) is 5.91 Å². The molecule has 0 radical (unpaired) electrons. The summed E-state index contributed by atoms with van der Waals surface area (Å²) in [4.78, 5) is 18.5. The van der Waals surface area contributed by atoms with Crippen molar-refractivity contribution in [3.63, 3.8) is 0 Å². The summed E-state index contributed by atoms with van der Waals surface area (Å²) in [6.07, 6.45) is 0.148. The molecule has 2 aromatic carbocycles. The van der Waals surface area contributed by atoms with Gasteiger partial charge in [0.1, 0.15) is 0 Å². The van der Waals surface area contributed by atoms with Gasteiger partial charge in [0.25, 0.3) is 0 Å². The number of benzene rings is 2. The van der Waals surface area contributed by atoms with Gasteiger partial charge in [0.15, 0.2) is 0 Å². The number of aliphatic hydroxyl groups is 1. The molecule has 1 N–H and O–H groups in total. The number of aliphatic hydroxyl groups excluding tert-OH is 1. The number of nitrogens with zero attached hydrogens (tertiary/aromatic N) is 5. The number of fused-ring (bicyclic) bond motifs is 1. The molecule has 2 aliphatic heterocycles. The van der Waals surface area contributed by atoms with Gasteiger partial charge < -0.3 is 14.9 Å². The van der Waals surface area contributed by atoms with Gasteiger partial charge in [0.05, 0.1) is 28.4 Å². The highest BCUT2D eigenvalue weighted by Gasteiger charge is 2.28. The lowest BCUT2D eigenvalue weighted by atomic mass is 10.0. The quantitative estimate of drug-likeness (QED) is 0.476. The zero-order chi connectivity index (χ0) is 26.1. The molecule has 0 aliphatic carbocycles. The Bertz CT molecular complexity index is 1270. The largest absolute Gasteiger partial charge is 0.390 e. The van der Waals surface area contributed by atoms with Gasteiger partial charge in [-0.15, -0.1) is 0 Å². The van der Waals surface area contributed by atoms with Crippen molar-refractivity contribution in [1.82, 2.24) is 19.6 Å². The van der Waals surface area contributed by atoms with Gasteiger partial charge in [-0.1, -0.05) is 46.9 Å². The number of hydrogen-bond acceptors (Lipinski definition) is 5. The van der Waals surface area contributed by atoms with Gasteiger partial charge in [0, 0.05) is 86.7 Å². The average Bonchev–Trinajstić information content (AvgIpc) is 3.24. The van der Waals surface area contributed by atoms with Gasteiger partial charge in [-0.05, 0) is 30.3 Å². The summed E-state index contributed by atoms with van der Waals surface area (Å²) in [5.74, 6) is 0.0560. The molecule has 2 aliphatic rings. The molecular weight excluding hydrogens is 533 g/mol. The van der Waals surface area contributed by atoms with Crippen molar-refractivity contribution < 1.29 is 9.90 Å². The van der Waals surface area contributed by atoms with Crippen molar-refractivity contribution >= 4 is 46.4 Å². The third kappa shape index (κ3) is 5.91. The fraction of sp³-hybridized carbons (Fsp3) is 0.407. The van der Waals surface area contributed by atoms with E-state index in [1.54, 1.807) is 6.92 Å². The summed E-state index contributed by atoms with van der Waals surface area (Å²) in [5, 5.41) is 17.7. The van der Waals surface area contributed by atoms with Crippen molar-refractivity contribution in [3.05, 3.63) is 68.8 Å². The van der Waals surface area contributed by atoms with Crippen LogP contribution >= 0.6 is 34.8 Å². The van der Waals surface area contributed by atoms with E-state index in [1.165, 1.54) is 0 Å².